The topological polar surface area (TPSA) is 59.6 Å². The minimum absolute atomic E-state index is 0.251. The molecule has 176 valence electrons. The highest BCUT2D eigenvalue weighted by atomic mass is 16.4. The van der Waals surface area contributed by atoms with Crippen LogP contribution in [-0.2, 0) is 6.54 Å². The van der Waals surface area contributed by atoms with Crippen molar-refractivity contribution < 1.29 is 9.90 Å². The zero-order valence-corrected chi connectivity index (χ0v) is 19.9. The molecule has 1 aliphatic heterocycles. The molecule has 0 atom stereocenters. The van der Waals surface area contributed by atoms with E-state index < -0.39 is 5.97 Å². The predicted molar refractivity (Wildman–Crippen MR) is 141 cm³/mol. The molecule has 2 N–H and O–H groups in total. The number of hydrogen-bond donors (Lipinski definition) is 2. The maximum atomic E-state index is 12.0. The average Bonchev–Trinajstić information content (AvgIpc) is 3.25. The van der Waals surface area contributed by atoms with Crippen LogP contribution in [0.3, 0.4) is 0 Å². The molecule has 2 heterocycles. The fourth-order valence-electron chi connectivity index (χ4n) is 4.70. The summed E-state index contributed by atoms with van der Waals surface area (Å²) in [6, 6.07) is 21.6. The summed E-state index contributed by atoms with van der Waals surface area (Å²) in [7, 11) is 2.19. The summed E-state index contributed by atoms with van der Waals surface area (Å²) in [5.74, 6) is 5.53. The molecule has 0 bridgehead atoms. The zero-order valence-electron chi connectivity index (χ0n) is 19.9. The van der Waals surface area contributed by atoms with Crippen molar-refractivity contribution in [2.45, 2.75) is 13.0 Å². The summed E-state index contributed by atoms with van der Waals surface area (Å²) in [6.45, 7) is 5.44. The molecular formula is C30H29N3O2. The van der Waals surface area contributed by atoms with Crippen molar-refractivity contribution in [3.05, 3.63) is 95.2 Å². The van der Waals surface area contributed by atoms with E-state index in [1.807, 2.05) is 36.5 Å². The van der Waals surface area contributed by atoms with Crippen molar-refractivity contribution in [3.8, 4) is 23.0 Å². The summed E-state index contributed by atoms with van der Waals surface area (Å²) in [5.41, 5.74) is 5.60. The second-order valence-electron chi connectivity index (χ2n) is 9.19. The first-order chi connectivity index (χ1) is 17.1. The quantitative estimate of drug-likeness (QED) is 0.415. The van der Waals surface area contributed by atoms with E-state index in [0.717, 1.165) is 54.8 Å². The third-order valence-corrected chi connectivity index (χ3v) is 6.65. The third kappa shape index (κ3) is 5.30. The highest BCUT2D eigenvalue weighted by Crippen LogP contribution is 2.30. The van der Waals surface area contributed by atoms with E-state index in [1.54, 1.807) is 12.1 Å². The number of benzene rings is 3. The van der Waals surface area contributed by atoms with Gasteiger partial charge in [-0.05, 0) is 79.5 Å². The molecule has 0 aliphatic carbocycles. The van der Waals surface area contributed by atoms with Gasteiger partial charge in [-0.2, -0.15) is 0 Å². The van der Waals surface area contributed by atoms with Gasteiger partial charge in [-0.3, -0.25) is 4.90 Å². The lowest BCUT2D eigenvalue weighted by Crippen LogP contribution is -2.28. The number of hydrogen-bond acceptors (Lipinski definition) is 3. The Kier molecular flexibility index (Phi) is 6.67. The lowest BCUT2D eigenvalue weighted by molar-refractivity contribution is 0.0697. The average molecular weight is 464 g/mol. The second-order valence-corrected chi connectivity index (χ2v) is 9.19. The van der Waals surface area contributed by atoms with Gasteiger partial charge in [-0.25, -0.2) is 4.79 Å². The molecule has 0 amide bonds. The number of aromatic nitrogens is 1. The molecular weight excluding hydrogens is 434 g/mol. The molecule has 5 rings (SSSR count). The lowest BCUT2D eigenvalue weighted by Gasteiger charge is -2.20. The van der Waals surface area contributed by atoms with Gasteiger partial charge in [-0.15, -0.1) is 0 Å². The monoisotopic (exact) mass is 463 g/mol. The van der Waals surface area contributed by atoms with Crippen LogP contribution in [0.15, 0.2) is 72.9 Å². The molecule has 0 spiro atoms. The molecule has 1 aromatic heterocycles. The summed E-state index contributed by atoms with van der Waals surface area (Å²) in [4.78, 5) is 20.1. The number of fused-ring (bicyclic) bond motifs is 1. The maximum absolute atomic E-state index is 12.0. The lowest BCUT2D eigenvalue weighted by atomic mass is 9.93. The highest BCUT2D eigenvalue weighted by molar-refractivity contribution is 5.99. The van der Waals surface area contributed by atoms with Crippen molar-refractivity contribution in [2.24, 2.45) is 0 Å². The van der Waals surface area contributed by atoms with E-state index in [4.69, 9.17) is 0 Å². The molecule has 4 aromatic rings. The summed E-state index contributed by atoms with van der Waals surface area (Å²) < 4.78 is 0. The minimum Gasteiger partial charge on any atom is -0.478 e. The van der Waals surface area contributed by atoms with Crippen LogP contribution in [-0.4, -0.2) is 59.1 Å². The molecule has 35 heavy (non-hydrogen) atoms. The number of aromatic carboxylic acids is 1. The normalized spacial score (nSPS) is 14.9. The van der Waals surface area contributed by atoms with Gasteiger partial charge in [0.1, 0.15) is 0 Å². The second kappa shape index (κ2) is 10.2. The Bertz CT molecular complexity index is 1410. The predicted octanol–water partition coefficient (Wildman–Crippen LogP) is 5.07. The fourth-order valence-corrected chi connectivity index (χ4v) is 4.70. The molecule has 3 aromatic carbocycles. The van der Waals surface area contributed by atoms with Gasteiger partial charge < -0.3 is 15.0 Å². The van der Waals surface area contributed by atoms with Crippen molar-refractivity contribution in [3.63, 3.8) is 0 Å². The van der Waals surface area contributed by atoms with E-state index in [9.17, 15) is 9.90 Å². The Hall–Kier alpha value is -3.85. The SMILES string of the molecule is CN1CCCN(Cc2ccc(C#Cc3cccc(C(=O)O)c3-c3ccc4cc[nH]c4c3)cc2)CC1. The van der Waals surface area contributed by atoms with Crippen LogP contribution in [0.1, 0.15) is 33.5 Å². The number of carbonyl (C=O) groups is 1. The Labute approximate surface area is 206 Å². The largest absolute Gasteiger partial charge is 0.478 e. The number of rotatable bonds is 4. The third-order valence-electron chi connectivity index (χ3n) is 6.65. The first-order valence-electron chi connectivity index (χ1n) is 12.0. The first kappa shape index (κ1) is 22.9. The number of carboxylic acid groups (broad SMARTS) is 1. The number of nitrogens with one attached hydrogen (secondary N) is 1. The van der Waals surface area contributed by atoms with Gasteiger partial charge in [0.25, 0.3) is 0 Å². The number of carboxylic acids is 1. The van der Waals surface area contributed by atoms with E-state index in [2.05, 4.69) is 57.9 Å². The molecule has 5 heteroatoms. The summed E-state index contributed by atoms with van der Waals surface area (Å²) >= 11 is 0. The number of aromatic amines is 1. The molecule has 0 radical (unpaired) electrons. The van der Waals surface area contributed by atoms with Gasteiger partial charge >= 0.3 is 5.97 Å². The first-order valence-corrected chi connectivity index (χ1v) is 12.0. The van der Waals surface area contributed by atoms with Crippen LogP contribution >= 0.6 is 0 Å². The Balaban J connectivity index is 1.41. The standard InChI is InChI=1S/C30H29N3O2/c1-32-16-3-17-33(19-18-32)21-23-8-6-22(7-9-23)10-11-25-4-2-5-27(30(34)35)29(25)26-13-12-24-14-15-31-28(24)20-26/h2,4-9,12-15,20,31H,3,16-19,21H2,1H3,(H,34,35). The Morgan fingerprint density at radius 3 is 2.66 bits per heavy atom. The molecule has 1 aliphatic rings. The van der Waals surface area contributed by atoms with Crippen molar-refractivity contribution in [1.82, 2.24) is 14.8 Å². The molecule has 1 saturated heterocycles. The van der Waals surface area contributed by atoms with Gasteiger partial charge in [0.05, 0.1) is 5.56 Å². The smallest absolute Gasteiger partial charge is 0.336 e. The maximum Gasteiger partial charge on any atom is 0.336 e. The van der Waals surface area contributed by atoms with Crippen LogP contribution in [0.25, 0.3) is 22.0 Å². The molecule has 0 unspecified atom stereocenters. The van der Waals surface area contributed by atoms with Crippen molar-refractivity contribution in [1.29, 1.82) is 0 Å². The van der Waals surface area contributed by atoms with E-state index in [-0.39, 0.29) is 5.56 Å². The van der Waals surface area contributed by atoms with E-state index in [1.165, 1.54) is 12.0 Å². The molecule has 1 fully saturated rings. The zero-order chi connectivity index (χ0) is 24.2. The van der Waals surface area contributed by atoms with Crippen molar-refractivity contribution in [2.75, 3.05) is 33.2 Å². The summed E-state index contributed by atoms with van der Waals surface area (Å²) in [6.07, 6.45) is 3.09. The number of likely N-dealkylation sites (N-methyl/N-ethyl adjacent to an activating group) is 1. The van der Waals surface area contributed by atoms with Gasteiger partial charge in [0, 0.05) is 48.0 Å². The van der Waals surface area contributed by atoms with Gasteiger partial charge in [0.15, 0.2) is 0 Å². The molecule has 5 nitrogen and oxygen atoms in total. The molecule has 0 saturated carbocycles. The highest BCUT2D eigenvalue weighted by Gasteiger charge is 2.16. The van der Waals surface area contributed by atoms with E-state index in [0.29, 0.717) is 11.1 Å². The number of nitrogens with zero attached hydrogens (tertiary/aromatic N) is 2. The Morgan fingerprint density at radius 2 is 1.83 bits per heavy atom. The van der Waals surface area contributed by atoms with Crippen LogP contribution in [0.4, 0.5) is 0 Å². The van der Waals surface area contributed by atoms with Crippen molar-refractivity contribution >= 4 is 16.9 Å². The fraction of sp³-hybridized carbons (Fsp3) is 0.233. The minimum atomic E-state index is -0.959. The van der Waals surface area contributed by atoms with Crippen LogP contribution < -0.4 is 0 Å². The summed E-state index contributed by atoms with van der Waals surface area (Å²) in [5, 5.41) is 10.9. The van der Waals surface area contributed by atoms with E-state index >= 15 is 0 Å². The van der Waals surface area contributed by atoms with Crippen LogP contribution in [0.5, 0.6) is 0 Å². The number of H-pyrrole nitrogens is 1. The van der Waals surface area contributed by atoms with Crippen LogP contribution in [0.2, 0.25) is 0 Å². The van der Waals surface area contributed by atoms with Gasteiger partial charge in [-0.1, -0.05) is 42.2 Å². The van der Waals surface area contributed by atoms with Crippen LogP contribution in [0, 0.1) is 11.8 Å². The Morgan fingerprint density at radius 1 is 0.971 bits per heavy atom. The van der Waals surface area contributed by atoms with Gasteiger partial charge in [0.2, 0.25) is 0 Å².